The standard InChI is InChI=1S/C18H21NO3/c1-2-14-3-5-15(6-4-14)11-19-18(21)13-22-17-9-7-16(12-20)8-10-17/h3-10,20H,2,11-13H2,1H3,(H,19,21). The van der Waals surface area contributed by atoms with Crippen LogP contribution in [0.1, 0.15) is 23.6 Å². The molecule has 2 rings (SSSR count). The van der Waals surface area contributed by atoms with Crippen LogP contribution in [0.2, 0.25) is 0 Å². The van der Waals surface area contributed by atoms with Crippen molar-refractivity contribution in [1.29, 1.82) is 0 Å². The van der Waals surface area contributed by atoms with Crippen LogP contribution in [0.15, 0.2) is 48.5 Å². The Balaban J connectivity index is 1.74. The fourth-order valence-corrected chi connectivity index (χ4v) is 1.98. The zero-order valence-electron chi connectivity index (χ0n) is 12.7. The van der Waals surface area contributed by atoms with E-state index in [0.29, 0.717) is 12.3 Å². The summed E-state index contributed by atoms with van der Waals surface area (Å²) >= 11 is 0. The molecular formula is C18H21NO3. The maximum atomic E-state index is 11.8. The molecule has 0 unspecified atom stereocenters. The van der Waals surface area contributed by atoms with Crippen LogP contribution in [-0.2, 0) is 24.4 Å². The fraction of sp³-hybridized carbons (Fsp3) is 0.278. The molecule has 0 saturated carbocycles. The second kappa shape index (κ2) is 8.20. The van der Waals surface area contributed by atoms with Crippen LogP contribution in [-0.4, -0.2) is 17.6 Å². The van der Waals surface area contributed by atoms with Crippen LogP contribution >= 0.6 is 0 Å². The van der Waals surface area contributed by atoms with Crippen molar-refractivity contribution in [3.8, 4) is 5.75 Å². The quantitative estimate of drug-likeness (QED) is 0.825. The SMILES string of the molecule is CCc1ccc(CNC(=O)COc2ccc(CO)cc2)cc1. The Morgan fingerprint density at radius 3 is 2.18 bits per heavy atom. The number of aryl methyl sites for hydroxylation is 1. The maximum absolute atomic E-state index is 11.8. The van der Waals surface area contributed by atoms with Crippen LogP contribution in [0.25, 0.3) is 0 Å². The molecule has 0 aromatic heterocycles. The summed E-state index contributed by atoms with van der Waals surface area (Å²) in [6.07, 6.45) is 1.01. The van der Waals surface area contributed by atoms with Crippen molar-refractivity contribution in [2.45, 2.75) is 26.5 Å². The monoisotopic (exact) mass is 299 g/mol. The molecular weight excluding hydrogens is 278 g/mol. The first-order valence-corrected chi connectivity index (χ1v) is 7.38. The molecule has 4 nitrogen and oxygen atoms in total. The molecule has 0 fully saturated rings. The van der Waals surface area contributed by atoms with Crippen molar-refractivity contribution in [2.24, 2.45) is 0 Å². The van der Waals surface area contributed by atoms with Crippen molar-refractivity contribution in [2.75, 3.05) is 6.61 Å². The number of carbonyl (C=O) groups is 1. The largest absolute Gasteiger partial charge is 0.484 e. The highest BCUT2D eigenvalue weighted by atomic mass is 16.5. The molecule has 1 amide bonds. The first-order valence-electron chi connectivity index (χ1n) is 7.38. The van der Waals surface area contributed by atoms with E-state index in [1.807, 2.05) is 12.1 Å². The van der Waals surface area contributed by atoms with Crippen LogP contribution in [0.3, 0.4) is 0 Å². The summed E-state index contributed by atoms with van der Waals surface area (Å²) in [5.74, 6) is 0.449. The summed E-state index contributed by atoms with van der Waals surface area (Å²) in [4.78, 5) is 11.8. The lowest BCUT2D eigenvalue weighted by Crippen LogP contribution is -2.28. The normalized spacial score (nSPS) is 10.3. The van der Waals surface area contributed by atoms with Crippen molar-refractivity contribution in [1.82, 2.24) is 5.32 Å². The van der Waals surface area contributed by atoms with E-state index < -0.39 is 0 Å². The molecule has 2 N–H and O–H groups in total. The summed E-state index contributed by atoms with van der Waals surface area (Å²) in [6, 6.07) is 15.2. The highest BCUT2D eigenvalue weighted by Crippen LogP contribution is 2.12. The van der Waals surface area contributed by atoms with E-state index in [-0.39, 0.29) is 19.1 Å². The van der Waals surface area contributed by atoms with Crippen molar-refractivity contribution in [3.63, 3.8) is 0 Å². The molecule has 0 aliphatic heterocycles. The van der Waals surface area contributed by atoms with E-state index in [4.69, 9.17) is 9.84 Å². The molecule has 2 aromatic carbocycles. The van der Waals surface area contributed by atoms with Crippen LogP contribution in [0.5, 0.6) is 5.75 Å². The second-order valence-corrected chi connectivity index (χ2v) is 5.04. The Labute approximate surface area is 130 Å². The lowest BCUT2D eigenvalue weighted by Gasteiger charge is -2.08. The van der Waals surface area contributed by atoms with Crippen LogP contribution < -0.4 is 10.1 Å². The predicted octanol–water partition coefficient (Wildman–Crippen LogP) is 2.44. The first kappa shape index (κ1) is 16.0. The van der Waals surface area contributed by atoms with Gasteiger partial charge in [-0.3, -0.25) is 4.79 Å². The van der Waals surface area contributed by atoms with Crippen LogP contribution in [0.4, 0.5) is 0 Å². The van der Waals surface area contributed by atoms with E-state index in [2.05, 4.69) is 24.4 Å². The van der Waals surface area contributed by atoms with E-state index in [9.17, 15) is 4.79 Å². The van der Waals surface area contributed by atoms with Crippen molar-refractivity contribution < 1.29 is 14.6 Å². The molecule has 0 radical (unpaired) electrons. The number of amides is 1. The van der Waals surface area contributed by atoms with Gasteiger partial charge in [0.2, 0.25) is 0 Å². The molecule has 0 bridgehead atoms. The minimum atomic E-state index is -0.161. The topological polar surface area (TPSA) is 58.6 Å². The lowest BCUT2D eigenvalue weighted by atomic mass is 10.1. The van der Waals surface area contributed by atoms with Gasteiger partial charge >= 0.3 is 0 Å². The molecule has 4 heteroatoms. The van der Waals surface area contributed by atoms with E-state index in [1.165, 1.54) is 5.56 Å². The van der Waals surface area contributed by atoms with Crippen molar-refractivity contribution >= 4 is 5.91 Å². The molecule has 0 heterocycles. The van der Waals surface area contributed by atoms with Gasteiger partial charge in [0, 0.05) is 6.54 Å². The highest BCUT2D eigenvalue weighted by Gasteiger charge is 2.03. The zero-order valence-corrected chi connectivity index (χ0v) is 12.7. The number of rotatable bonds is 7. The number of carbonyl (C=O) groups excluding carboxylic acids is 1. The third kappa shape index (κ3) is 4.90. The van der Waals surface area contributed by atoms with Gasteiger partial charge in [0.05, 0.1) is 6.61 Å². The summed E-state index contributed by atoms with van der Waals surface area (Å²) in [5.41, 5.74) is 3.16. The highest BCUT2D eigenvalue weighted by molar-refractivity contribution is 5.77. The maximum Gasteiger partial charge on any atom is 0.258 e. The van der Waals surface area contributed by atoms with Gasteiger partial charge in [0.25, 0.3) is 5.91 Å². The van der Waals surface area contributed by atoms with Gasteiger partial charge in [-0.05, 0) is 35.2 Å². The Hall–Kier alpha value is -2.33. The molecule has 0 spiro atoms. The van der Waals surface area contributed by atoms with Gasteiger partial charge in [-0.25, -0.2) is 0 Å². The number of ether oxygens (including phenoxy) is 1. The Bertz CT molecular complexity index is 537. The predicted molar refractivity (Wildman–Crippen MR) is 85.5 cm³/mol. The summed E-state index contributed by atoms with van der Waals surface area (Å²) in [5, 5.41) is 11.8. The molecule has 116 valence electrons. The lowest BCUT2D eigenvalue weighted by molar-refractivity contribution is -0.123. The molecule has 0 saturated heterocycles. The molecule has 0 atom stereocenters. The molecule has 0 aliphatic carbocycles. The average molecular weight is 299 g/mol. The summed E-state index contributed by atoms with van der Waals surface area (Å²) in [7, 11) is 0. The van der Waals surface area contributed by atoms with Crippen molar-refractivity contribution in [3.05, 3.63) is 65.2 Å². The van der Waals surface area contributed by atoms with Gasteiger partial charge in [-0.15, -0.1) is 0 Å². The number of benzene rings is 2. The Kier molecular flexibility index (Phi) is 5.98. The molecule has 22 heavy (non-hydrogen) atoms. The number of hydrogen-bond acceptors (Lipinski definition) is 3. The zero-order chi connectivity index (χ0) is 15.8. The summed E-state index contributed by atoms with van der Waals surface area (Å²) < 4.78 is 5.40. The fourth-order valence-electron chi connectivity index (χ4n) is 1.98. The van der Waals surface area contributed by atoms with Gasteiger partial charge in [-0.1, -0.05) is 43.3 Å². The third-order valence-corrected chi connectivity index (χ3v) is 3.40. The molecule has 0 aliphatic rings. The minimum absolute atomic E-state index is 0.00239. The number of aliphatic hydroxyl groups excluding tert-OH is 1. The number of nitrogens with one attached hydrogen (secondary N) is 1. The van der Waals surface area contributed by atoms with Gasteiger partial charge in [-0.2, -0.15) is 0 Å². The first-order chi connectivity index (χ1) is 10.7. The van der Waals surface area contributed by atoms with Crippen LogP contribution in [0, 0.1) is 0 Å². The number of aliphatic hydroxyl groups is 1. The minimum Gasteiger partial charge on any atom is -0.484 e. The summed E-state index contributed by atoms with van der Waals surface area (Å²) in [6.45, 7) is 2.58. The van der Waals surface area contributed by atoms with E-state index in [1.54, 1.807) is 24.3 Å². The van der Waals surface area contributed by atoms with Gasteiger partial charge in [0.1, 0.15) is 5.75 Å². The number of hydrogen-bond donors (Lipinski definition) is 2. The average Bonchev–Trinajstić information content (AvgIpc) is 2.59. The van der Waals surface area contributed by atoms with Gasteiger partial charge < -0.3 is 15.2 Å². The molecule has 2 aromatic rings. The van der Waals surface area contributed by atoms with E-state index in [0.717, 1.165) is 17.5 Å². The second-order valence-electron chi connectivity index (χ2n) is 5.04. The third-order valence-electron chi connectivity index (χ3n) is 3.40. The van der Waals surface area contributed by atoms with E-state index >= 15 is 0 Å². The Morgan fingerprint density at radius 2 is 1.59 bits per heavy atom. The smallest absolute Gasteiger partial charge is 0.258 e. The van der Waals surface area contributed by atoms with Gasteiger partial charge in [0.15, 0.2) is 6.61 Å². The Morgan fingerprint density at radius 1 is 1.00 bits per heavy atom.